The Labute approximate surface area is 141 Å². The Bertz CT molecular complexity index is 810. The third kappa shape index (κ3) is 2.61. The van der Waals surface area contributed by atoms with E-state index in [2.05, 4.69) is 40.1 Å². The van der Waals surface area contributed by atoms with E-state index in [0.717, 1.165) is 30.7 Å². The molecule has 0 aliphatic heterocycles. The largest absolute Gasteiger partial charge is 0.391 e. The topological polar surface area (TPSA) is 67.9 Å². The van der Waals surface area contributed by atoms with E-state index in [-0.39, 0.29) is 18.2 Å². The molecule has 2 N–H and O–H groups in total. The molecule has 0 unspecified atom stereocenters. The fourth-order valence-corrected chi connectivity index (χ4v) is 3.59. The van der Waals surface area contributed by atoms with Gasteiger partial charge in [-0.1, -0.05) is 19.1 Å². The molecule has 2 heterocycles. The second-order valence-electron chi connectivity index (χ2n) is 6.44. The summed E-state index contributed by atoms with van der Waals surface area (Å²) in [6, 6.07) is 10.4. The number of nitrogens with one attached hydrogen (secondary N) is 1. The van der Waals surface area contributed by atoms with Gasteiger partial charge in [0.05, 0.1) is 29.7 Å². The van der Waals surface area contributed by atoms with Crippen LogP contribution in [0.15, 0.2) is 42.7 Å². The molecule has 1 saturated carbocycles. The first-order valence-corrected chi connectivity index (χ1v) is 8.62. The molecular formula is C18H23N5O. The lowest BCUT2D eigenvalue weighted by Gasteiger charge is -2.42. The zero-order chi connectivity index (χ0) is 16.5. The summed E-state index contributed by atoms with van der Waals surface area (Å²) in [5.74, 6) is 1.05. The van der Waals surface area contributed by atoms with Crippen molar-refractivity contribution in [2.24, 2.45) is 0 Å². The number of imidazole rings is 1. The summed E-state index contributed by atoms with van der Waals surface area (Å²) < 4.78 is 4.14. The number of hydrogen-bond donors (Lipinski definition) is 2. The molecule has 0 spiro atoms. The van der Waals surface area contributed by atoms with E-state index in [1.807, 2.05) is 23.0 Å². The highest BCUT2D eigenvalue weighted by Crippen LogP contribution is 2.32. The molecule has 24 heavy (non-hydrogen) atoms. The summed E-state index contributed by atoms with van der Waals surface area (Å²) in [5, 5.41) is 17.9. The molecule has 1 aliphatic carbocycles. The maximum Gasteiger partial charge on any atom is 0.123 e. The van der Waals surface area contributed by atoms with Gasteiger partial charge in [-0.15, -0.1) is 0 Å². The van der Waals surface area contributed by atoms with Crippen LogP contribution in [-0.4, -0.2) is 36.6 Å². The number of nitrogens with zero attached hydrogens (tertiary/aromatic N) is 4. The molecule has 1 aliphatic rings. The lowest BCUT2D eigenvalue weighted by atomic mass is 9.83. The first-order valence-electron chi connectivity index (χ1n) is 8.62. The summed E-state index contributed by atoms with van der Waals surface area (Å²) in [7, 11) is 0. The Balaban J connectivity index is 1.52. The number of aryl methyl sites for hydroxylation is 1. The summed E-state index contributed by atoms with van der Waals surface area (Å²) in [6.45, 7) is 3.85. The number of fused-ring (bicyclic) bond motifs is 1. The van der Waals surface area contributed by atoms with Crippen molar-refractivity contribution in [3.8, 4) is 0 Å². The van der Waals surface area contributed by atoms with E-state index < -0.39 is 0 Å². The second kappa shape index (κ2) is 6.37. The number of aromatic nitrogens is 4. The molecule has 0 bridgehead atoms. The second-order valence-corrected chi connectivity index (χ2v) is 6.44. The van der Waals surface area contributed by atoms with Gasteiger partial charge in [0, 0.05) is 25.0 Å². The Morgan fingerprint density at radius 3 is 2.92 bits per heavy atom. The lowest BCUT2D eigenvalue weighted by Crippen LogP contribution is -2.54. The fourth-order valence-electron chi connectivity index (χ4n) is 3.59. The van der Waals surface area contributed by atoms with Crippen LogP contribution in [0, 0.1) is 0 Å². The lowest BCUT2D eigenvalue weighted by molar-refractivity contribution is -0.00851. The van der Waals surface area contributed by atoms with Crippen molar-refractivity contribution in [1.29, 1.82) is 0 Å². The Hall–Kier alpha value is -2.18. The van der Waals surface area contributed by atoms with Gasteiger partial charge in [0.15, 0.2) is 0 Å². The first-order chi connectivity index (χ1) is 11.8. The van der Waals surface area contributed by atoms with E-state index in [0.29, 0.717) is 6.54 Å². The van der Waals surface area contributed by atoms with Gasteiger partial charge in [-0.3, -0.25) is 4.68 Å². The average molecular weight is 325 g/mol. The average Bonchev–Trinajstić information content (AvgIpc) is 3.20. The maximum atomic E-state index is 10.1. The van der Waals surface area contributed by atoms with Crippen LogP contribution in [0.1, 0.15) is 31.6 Å². The molecule has 2 aromatic heterocycles. The third-order valence-corrected chi connectivity index (χ3v) is 4.84. The van der Waals surface area contributed by atoms with Gasteiger partial charge in [-0.25, -0.2) is 4.98 Å². The predicted molar refractivity (Wildman–Crippen MR) is 92.5 cm³/mol. The first kappa shape index (κ1) is 15.4. The molecule has 0 saturated heterocycles. The van der Waals surface area contributed by atoms with E-state index in [9.17, 15) is 5.11 Å². The molecule has 6 heteroatoms. The monoisotopic (exact) mass is 325 g/mol. The molecule has 6 nitrogen and oxygen atoms in total. The molecule has 0 radical (unpaired) electrons. The smallest absolute Gasteiger partial charge is 0.123 e. The molecule has 126 valence electrons. The fraction of sp³-hybridized carbons (Fsp3) is 0.444. The van der Waals surface area contributed by atoms with E-state index >= 15 is 0 Å². The van der Waals surface area contributed by atoms with Crippen molar-refractivity contribution in [3.63, 3.8) is 0 Å². The highest BCUT2D eigenvalue weighted by atomic mass is 16.3. The van der Waals surface area contributed by atoms with Crippen LogP contribution in [0.2, 0.25) is 0 Å². The Kier molecular flexibility index (Phi) is 4.08. The van der Waals surface area contributed by atoms with Crippen LogP contribution in [0.3, 0.4) is 0 Å². The third-order valence-electron chi connectivity index (χ3n) is 4.84. The van der Waals surface area contributed by atoms with E-state index in [1.165, 1.54) is 5.52 Å². The van der Waals surface area contributed by atoms with Crippen molar-refractivity contribution < 1.29 is 5.11 Å². The minimum atomic E-state index is -0.336. The minimum Gasteiger partial charge on any atom is -0.391 e. The summed E-state index contributed by atoms with van der Waals surface area (Å²) in [5.41, 5.74) is 2.23. The van der Waals surface area contributed by atoms with Crippen LogP contribution < -0.4 is 5.32 Å². The number of aliphatic hydroxyl groups excluding tert-OH is 1. The molecule has 4 rings (SSSR count). The normalized spacial score (nSPS) is 23.5. The van der Waals surface area contributed by atoms with Gasteiger partial charge >= 0.3 is 0 Å². The van der Waals surface area contributed by atoms with E-state index in [4.69, 9.17) is 4.98 Å². The zero-order valence-corrected chi connectivity index (χ0v) is 13.8. The van der Waals surface area contributed by atoms with Crippen LogP contribution in [0.5, 0.6) is 0 Å². The van der Waals surface area contributed by atoms with Gasteiger partial charge in [0.25, 0.3) is 0 Å². The van der Waals surface area contributed by atoms with Crippen LogP contribution in [0.4, 0.5) is 0 Å². The highest BCUT2D eigenvalue weighted by molar-refractivity contribution is 5.75. The van der Waals surface area contributed by atoms with E-state index in [1.54, 1.807) is 6.20 Å². The highest BCUT2D eigenvalue weighted by Gasteiger charge is 2.41. The summed E-state index contributed by atoms with van der Waals surface area (Å²) in [4.78, 5) is 4.78. The van der Waals surface area contributed by atoms with Crippen molar-refractivity contribution in [1.82, 2.24) is 24.6 Å². The van der Waals surface area contributed by atoms with Gasteiger partial charge in [-0.2, -0.15) is 5.10 Å². The maximum absolute atomic E-state index is 10.1. The number of benzene rings is 1. The molecule has 1 fully saturated rings. The summed E-state index contributed by atoms with van der Waals surface area (Å²) >= 11 is 0. The van der Waals surface area contributed by atoms with Crippen molar-refractivity contribution in [2.75, 3.05) is 0 Å². The molecular weight excluding hydrogens is 302 g/mol. The van der Waals surface area contributed by atoms with Crippen molar-refractivity contribution in [3.05, 3.63) is 48.5 Å². The van der Waals surface area contributed by atoms with Gasteiger partial charge in [0.2, 0.25) is 0 Å². The summed E-state index contributed by atoms with van der Waals surface area (Å²) in [6.07, 6.45) is 5.15. The van der Waals surface area contributed by atoms with Crippen molar-refractivity contribution in [2.45, 2.75) is 51.0 Å². The Morgan fingerprint density at radius 1 is 1.29 bits per heavy atom. The molecule has 3 aromatic rings. The van der Waals surface area contributed by atoms with Gasteiger partial charge < -0.3 is 15.0 Å². The van der Waals surface area contributed by atoms with Crippen LogP contribution in [0.25, 0.3) is 11.0 Å². The van der Waals surface area contributed by atoms with Crippen molar-refractivity contribution >= 4 is 11.0 Å². The minimum absolute atomic E-state index is 0.00371. The predicted octanol–water partition coefficient (Wildman–Crippen LogP) is 2.11. The van der Waals surface area contributed by atoms with Crippen LogP contribution in [-0.2, 0) is 13.1 Å². The van der Waals surface area contributed by atoms with Gasteiger partial charge in [-0.05, 0) is 31.0 Å². The number of aliphatic hydroxyl groups is 1. The Morgan fingerprint density at radius 2 is 2.17 bits per heavy atom. The molecule has 3 atom stereocenters. The molecule has 1 aromatic carbocycles. The number of para-hydroxylation sites is 2. The standard InChI is InChI=1S/C18H23N5O/c1-2-9-22-15-7-4-3-6-13(15)21-17(22)12-19-14-11-16(24)18(14)23-10-5-8-20-23/h3-8,10,14,16,18-19,24H,2,9,11-12H2,1H3/t14-,16+,18+/m0/s1. The number of hydrogen-bond acceptors (Lipinski definition) is 4. The zero-order valence-electron chi connectivity index (χ0n) is 13.8. The van der Waals surface area contributed by atoms with Gasteiger partial charge in [0.1, 0.15) is 5.82 Å². The quantitative estimate of drug-likeness (QED) is 0.728. The number of rotatable bonds is 6. The van der Waals surface area contributed by atoms with Crippen LogP contribution >= 0.6 is 0 Å². The molecule has 0 amide bonds. The SMILES string of the molecule is CCCn1c(CN[C@H]2C[C@@H](O)[C@@H]2n2cccn2)nc2ccccc21.